The Hall–Kier alpha value is -4.74. The van der Waals surface area contributed by atoms with Gasteiger partial charge in [-0.05, 0) is 12.1 Å². The van der Waals surface area contributed by atoms with Crippen LogP contribution >= 0.6 is 0 Å². The van der Waals surface area contributed by atoms with Gasteiger partial charge < -0.3 is 40.1 Å². The number of hydrogen-bond donors (Lipinski definition) is 8. The average Bonchev–Trinajstić information content (AvgIpc) is 2.91. The highest BCUT2D eigenvalue weighted by Gasteiger charge is 2.38. The van der Waals surface area contributed by atoms with Crippen LogP contribution in [-0.2, 0) is 39.4 Å². The fraction of sp³-hybridized carbons (Fsp3) is 0.333. The SMILES string of the molecule is COc1cc(C(C(=O)O)N(CCN(CC(=O)O)[C@H](C(=O)O)c2cc(OC)cc(S(=O)(=O)O)c2O)CC(=O)O)c(O)c(S(=O)(=O)O)c1. The van der Waals surface area contributed by atoms with Crippen molar-refractivity contribution >= 4 is 44.1 Å². The largest absolute Gasteiger partial charge is 0.506 e. The maximum atomic E-state index is 12.4. The summed E-state index contributed by atoms with van der Waals surface area (Å²) in [7, 11) is -8.36. The van der Waals surface area contributed by atoms with Crippen LogP contribution in [-0.4, -0.2) is 131 Å². The Morgan fingerprint density at radius 1 is 0.652 bits per heavy atom. The van der Waals surface area contributed by atoms with Crippen molar-refractivity contribution in [3.8, 4) is 23.0 Å². The second-order valence-electron chi connectivity index (χ2n) is 9.29. The van der Waals surface area contributed by atoms with Gasteiger partial charge in [-0.3, -0.25) is 38.1 Å². The number of phenols is 2. The van der Waals surface area contributed by atoms with Gasteiger partial charge in [-0.25, -0.2) is 0 Å². The third-order valence-electron chi connectivity index (χ3n) is 6.32. The van der Waals surface area contributed by atoms with Crippen LogP contribution in [0.3, 0.4) is 0 Å². The summed E-state index contributed by atoms with van der Waals surface area (Å²) in [6.45, 7) is -4.09. The molecule has 2 rings (SSSR count). The van der Waals surface area contributed by atoms with Crippen molar-refractivity contribution < 1.29 is 85.2 Å². The van der Waals surface area contributed by atoms with Gasteiger partial charge in [0.2, 0.25) is 0 Å². The quantitative estimate of drug-likeness (QED) is 0.0951. The van der Waals surface area contributed by atoms with E-state index in [9.17, 15) is 75.8 Å². The number of rotatable bonds is 17. The molecule has 2 aromatic rings. The minimum Gasteiger partial charge on any atom is -0.506 e. The van der Waals surface area contributed by atoms with Gasteiger partial charge in [-0.1, -0.05) is 0 Å². The molecule has 0 aliphatic carbocycles. The molecule has 0 amide bonds. The van der Waals surface area contributed by atoms with Gasteiger partial charge >= 0.3 is 23.9 Å². The fourth-order valence-corrected chi connectivity index (χ4v) is 5.68. The first-order valence-electron chi connectivity index (χ1n) is 12.3. The van der Waals surface area contributed by atoms with E-state index in [0.717, 1.165) is 26.4 Å². The fourth-order valence-electron chi connectivity index (χ4n) is 4.43. The highest BCUT2D eigenvalue weighted by molar-refractivity contribution is 7.86. The third kappa shape index (κ3) is 8.92. The molecule has 0 heterocycles. The van der Waals surface area contributed by atoms with Gasteiger partial charge in [0.15, 0.2) is 0 Å². The Morgan fingerprint density at radius 2 is 0.957 bits per heavy atom. The molecule has 8 N–H and O–H groups in total. The van der Waals surface area contributed by atoms with Crippen molar-refractivity contribution in [1.29, 1.82) is 0 Å². The molecule has 22 heteroatoms. The van der Waals surface area contributed by atoms with E-state index in [2.05, 4.69) is 0 Å². The minimum atomic E-state index is -5.20. The maximum Gasteiger partial charge on any atom is 0.325 e. The van der Waals surface area contributed by atoms with E-state index in [-0.39, 0.29) is 0 Å². The number of hydrogen-bond acceptors (Lipinski definition) is 14. The second-order valence-corrected chi connectivity index (χ2v) is 12.1. The van der Waals surface area contributed by atoms with Gasteiger partial charge in [0.1, 0.15) is 44.9 Å². The molecular formula is C24H28N2O18S2. The van der Waals surface area contributed by atoms with Crippen LogP contribution in [0.4, 0.5) is 0 Å². The number of nitrogens with zero attached hydrogens (tertiary/aromatic N) is 2. The molecular weight excluding hydrogens is 668 g/mol. The predicted octanol–water partition coefficient (Wildman–Crippen LogP) is -0.667. The first-order valence-corrected chi connectivity index (χ1v) is 15.2. The summed E-state index contributed by atoms with van der Waals surface area (Å²) in [4.78, 5) is 47.1. The molecule has 20 nitrogen and oxygen atoms in total. The number of methoxy groups -OCH3 is 2. The zero-order chi connectivity index (χ0) is 35.3. The number of carboxylic acid groups (broad SMARTS) is 4. The highest BCUT2D eigenvalue weighted by atomic mass is 32.2. The normalized spacial score (nSPS) is 13.3. The molecule has 1 unspecified atom stereocenters. The molecule has 0 radical (unpaired) electrons. The summed E-state index contributed by atoms with van der Waals surface area (Å²) in [6, 6.07) is -1.59. The Labute approximate surface area is 259 Å². The number of aromatic hydroxyl groups is 2. The Kier molecular flexibility index (Phi) is 11.9. The lowest BCUT2D eigenvalue weighted by atomic mass is 10.0. The maximum absolute atomic E-state index is 12.4. The number of benzene rings is 2. The Balaban J connectivity index is 2.76. The van der Waals surface area contributed by atoms with E-state index in [1.165, 1.54) is 0 Å². The smallest absolute Gasteiger partial charge is 0.325 e. The van der Waals surface area contributed by atoms with Crippen molar-refractivity contribution in [3.63, 3.8) is 0 Å². The number of ether oxygens (including phenoxy) is 2. The number of phenolic OH excluding ortho intramolecular Hbond substituents is 2. The van der Waals surface area contributed by atoms with Crippen molar-refractivity contribution in [2.24, 2.45) is 0 Å². The Bertz CT molecular complexity index is 1610. The standard InChI is InChI=1S/C24H28N2O18S2/c1-43-11-5-13(21(31)15(7-11)45(37,38)39)19(23(33)34)25(9-17(27)28)3-4-26(10-18(29)30)20(24(35)36)14-6-12(44-2)8-16(22(14)32)46(40,41)42/h5-8,19-20,31-32H,3-4,9-10H2,1-2H3,(H,27,28)(H,29,30)(H,33,34)(H,35,36)(H,37,38,39)(H,40,41,42)/t19-,20?/m0/s1. The first-order chi connectivity index (χ1) is 21.1. The van der Waals surface area contributed by atoms with Crippen molar-refractivity contribution in [3.05, 3.63) is 35.4 Å². The van der Waals surface area contributed by atoms with Gasteiger partial charge in [0.05, 0.1) is 27.3 Å². The molecule has 0 bridgehead atoms. The van der Waals surface area contributed by atoms with E-state index in [4.69, 9.17) is 9.47 Å². The van der Waals surface area contributed by atoms with Gasteiger partial charge in [0, 0.05) is 36.3 Å². The molecule has 0 fully saturated rings. The second kappa shape index (κ2) is 14.6. The van der Waals surface area contributed by atoms with Crippen molar-refractivity contribution in [2.75, 3.05) is 40.4 Å². The lowest BCUT2D eigenvalue weighted by Crippen LogP contribution is -2.46. The van der Waals surface area contributed by atoms with Crippen LogP contribution in [0.25, 0.3) is 0 Å². The molecule has 0 aliphatic heterocycles. The molecule has 0 aliphatic rings. The lowest BCUT2D eigenvalue weighted by molar-refractivity contribution is -0.150. The number of aliphatic carboxylic acids is 4. The summed E-state index contributed by atoms with van der Waals surface area (Å²) >= 11 is 0. The predicted molar refractivity (Wildman–Crippen MR) is 148 cm³/mol. The van der Waals surface area contributed by atoms with Crippen molar-refractivity contribution in [1.82, 2.24) is 9.80 Å². The topological polar surface area (TPSA) is 323 Å². The van der Waals surface area contributed by atoms with Crippen LogP contribution in [0, 0.1) is 0 Å². The Morgan fingerprint density at radius 3 is 1.17 bits per heavy atom. The minimum absolute atomic E-state index is 0.400. The first kappa shape index (κ1) is 37.4. The molecule has 0 aromatic heterocycles. The summed E-state index contributed by atoms with van der Waals surface area (Å²) in [6.07, 6.45) is 0. The van der Waals surface area contributed by atoms with E-state index in [1.54, 1.807) is 0 Å². The molecule has 254 valence electrons. The van der Waals surface area contributed by atoms with E-state index >= 15 is 0 Å². The monoisotopic (exact) mass is 696 g/mol. The molecule has 2 aromatic carbocycles. The summed E-state index contributed by atoms with van der Waals surface area (Å²) < 4.78 is 76.3. The van der Waals surface area contributed by atoms with Crippen LogP contribution in [0.5, 0.6) is 23.0 Å². The molecule has 0 spiro atoms. The average molecular weight is 697 g/mol. The highest BCUT2D eigenvalue weighted by Crippen LogP contribution is 2.40. The van der Waals surface area contributed by atoms with Crippen LogP contribution in [0.1, 0.15) is 23.2 Å². The van der Waals surface area contributed by atoms with Gasteiger partial charge in [0.25, 0.3) is 20.2 Å². The zero-order valence-corrected chi connectivity index (χ0v) is 25.3. The van der Waals surface area contributed by atoms with E-state index < -0.39 is 126 Å². The molecule has 0 saturated heterocycles. The van der Waals surface area contributed by atoms with Gasteiger partial charge in [-0.2, -0.15) is 16.8 Å². The number of carbonyl (C=O) groups is 4. The molecule has 2 atom stereocenters. The van der Waals surface area contributed by atoms with Crippen molar-refractivity contribution in [2.45, 2.75) is 21.9 Å². The third-order valence-corrected chi connectivity index (χ3v) is 8.06. The summed E-state index contributed by atoms with van der Waals surface area (Å²) in [5, 5.41) is 60.4. The number of carboxylic acids is 4. The van der Waals surface area contributed by atoms with E-state index in [1.807, 2.05) is 0 Å². The summed E-state index contributed by atoms with van der Waals surface area (Å²) in [5.74, 6) is -10.6. The van der Waals surface area contributed by atoms with E-state index in [0.29, 0.717) is 21.9 Å². The zero-order valence-electron chi connectivity index (χ0n) is 23.7. The van der Waals surface area contributed by atoms with Crippen LogP contribution in [0.2, 0.25) is 0 Å². The summed E-state index contributed by atoms with van der Waals surface area (Å²) in [5.41, 5.74) is -1.60. The molecule has 0 saturated carbocycles. The molecule has 46 heavy (non-hydrogen) atoms. The lowest BCUT2D eigenvalue weighted by Gasteiger charge is -2.33. The van der Waals surface area contributed by atoms with Gasteiger partial charge in [-0.15, -0.1) is 0 Å². The van der Waals surface area contributed by atoms with Crippen LogP contribution < -0.4 is 9.47 Å². The van der Waals surface area contributed by atoms with Crippen LogP contribution in [0.15, 0.2) is 34.1 Å².